The van der Waals surface area contributed by atoms with Crippen LogP contribution in [0, 0.1) is 0 Å². The average Bonchev–Trinajstić information content (AvgIpc) is 2.91. The SMILES string of the molecule is NC(=O)CC[C@@H](NC(=O)[C@@H](CCCN=C(N)N)NC(=O)C(N)CCCN=C(N)N)C(=O)N[C@@H](C=O)CCCN=C(N)N. The molecule has 0 saturated heterocycles. The Morgan fingerprint density at radius 3 is 1.50 bits per heavy atom. The third kappa shape index (κ3) is 18.6. The number of nitrogens with one attached hydrogen (secondary N) is 3. The van der Waals surface area contributed by atoms with E-state index in [4.69, 9.17) is 45.9 Å². The van der Waals surface area contributed by atoms with Gasteiger partial charge in [-0.3, -0.25) is 34.2 Å². The Bertz CT molecular complexity index is 975. The first-order chi connectivity index (χ1) is 19.8. The van der Waals surface area contributed by atoms with E-state index in [-0.39, 0.29) is 76.0 Å². The highest BCUT2D eigenvalue weighted by Crippen LogP contribution is 2.06. The number of carbonyl (C=O) groups excluding carboxylic acids is 5. The molecule has 0 bridgehead atoms. The predicted octanol–water partition coefficient (Wildman–Crippen LogP) is -5.61. The summed E-state index contributed by atoms with van der Waals surface area (Å²) in [7, 11) is 0. The number of carbonyl (C=O) groups is 5. The summed E-state index contributed by atoms with van der Waals surface area (Å²) in [5.74, 6) is -3.14. The van der Waals surface area contributed by atoms with Crippen LogP contribution in [0.3, 0.4) is 0 Å². The molecule has 0 aromatic rings. The molecular weight excluding hydrogens is 552 g/mol. The molecule has 0 heterocycles. The number of primary amides is 1. The van der Waals surface area contributed by atoms with E-state index in [0.29, 0.717) is 19.1 Å². The molecule has 42 heavy (non-hydrogen) atoms. The third-order valence-electron chi connectivity index (χ3n) is 5.65. The maximum atomic E-state index is 13.3. The summed E-state index contributed by atoms with van der Waals surface area (Å²) < 4.78 is 0. The van der Waals surface area contributed by atoms with Crippen LogP contribution >= 0.6 is 0 Å². The Kier molecular flexibility index (Phi) is 18.8. The van der Waals surface area contributed by atoms with E-state index in [1.165, 1.54) is 0 Å². The Morgan fingerprint density at radius 1 is 0.595 bits per heavy atom. The first kappa shape index (κ1) is 37.3. The zero-order valence-electron chi connectivity index (χ0n) is 23.7. The van der Waals surface area contributed by atoms with Crippen molar-refractivity contribution in [2.45, 2.75) is 75.5 Å². The molecule has 4 amide bonds. The van der Waals surface area contributed by atoms with E-state index in [2.05, 4.69) is 30.9 Å². The largest absolute Gasteiger partial charge is 0.370 e. The summed E-state index contributed by atoms with van der Waals surface area (Å²) >= 11 is 0. The summed E-state index contributed by atoms with van der Waals surface area (Å²) in [6.07, 6.45) is 1.74. The van der Waals surface area contributed by atoms with Gasteiger partial charge in [-0.15, -0.1) is 0 Å². The van der Waals surface area contributed by atoms with E-state index >= 15 is 0 Å². The number of hydrogen-bond donors (Lipinski definition) is 11. The smallest absolute Gasteiger partial charge is 0.243 e. The van der Waals surface area contributed by atoms with Gasteiger partial charge in [0, 0.05) is 26.1 Å². The van der Waals surface area contributed by atoms with Crippen LogP contribution < -0.4 is 61.8 Å². The first-order valence-electron chi connectivity index (χ1n) is 13.3. The minimum absolute atomic E-state index is 0.0843. The molecule has 0 spiro atoms. The highest BCUT2D eigenvalue weighted by atomic mass is 16.2. The summed E-state index contributed by atoms with van der Waals surface area (Å²) in [6, 6.07) is -4.28. The van der Waals surface area contributed by atoms with Crippen LogP contribution in [0.2, 0.25) is 0 Å². The minimum atomic E-state index is -1.25. The van der Waals surface area contributed by atoms with Crippen LogP contribution in [0.1, 0.15) is 51.4 Å². The maximum absolute atomic E-state index is 13.3. The standard InChI is InChI=1S/C23H46N14O5/c24-14(5-2-10-33-22(28)29)18(40)36-15(6-3-11-34-23(30)31)20(42)37-16(7-8-17(25)39)19(41)35-13(12-38)4-1-9-32-21(26)27/h12-16H,1-11,24H2,(H2,25,39)(H,35,41)(H,36,40)(H,37,42)(H4,26,27,32)(H4,28,29,33)(H4,30,31,34)/t13-,14?,15-,16-/m1/s1. The molecular formula is C23H46N14O5. The lowest BCUT2D eigenvalue weighted by Crippen LogP contribution is -2.56. The number of rotatable bonds is 22. The molecule has 19 nitrogen and oxygen atoms in total. The Labute approximate surface area is 244 Å². The second-order valence-electron chi connectivity index (χ2n) is 9.33. The molecule has 19 N–H and O–H groups in total. The second kappa shape index (κ2) is 21.1. The zero-order valence-corrected chi connectivity index (χ0v) is 23.7. The Balaban J connectivity index is 5.57. The zero-order chi connectivity index (χ0) is 32.1. The van der Waals surface area contributed by atoms with Crippen LogP contribution in [-0.4, -0.2) is 91.6 Å². The van der Waals surface area contributed by atoms with E-state index in [1.54, 1.807) is 0 Å². The lowest BCUT2D eigenvalue weighted by molar-refractivity contribution is -0.133. The van der Waals surface area contributed by atoms with Crippen LogP contribution in [0.4, 0.5) is 0 Å². The fourth-order valence-electron chi connectivity index (χ4n) is 3.51. The molecule has 0 aliphatic rings. The van der Waals surface area contributed by atoms with Crippen molar-refractivity contribution in [3.8, 4) is 0 Å². The fourth-order valence-corrected chi connectivity index (χ4v) is 3.51. The van der Waals surface area contributed by atoms with Crippen molar-refractivity contribution >= 4 is 47.8 Å². The van der Waals surface area contributed by atoms with Gasteiger partial charge in [-0.05, 0) is 44.9 Å². The monoisotopic (exact) mass is 598 g/mol. The van der Waals surface area contributed by atoms with Crippen molar-refractivity contribution in [3.63, 3.8) is 0 Å². The van der Waals surface area contributed by atoms with Crippen molar-refractivity contribution in [3.05, 3.63) is 0 Å². The topological polar surface area (TPSA) is 367 Å². The molecule has 238 valence electrons. The van der Waals surface area contributed by atoms with E-state index in [9.17, 15) is 24.0 Å². The van der Waals surface area contributed by atoms with E-state index in [0.717, 1.165) is 0 Å². The highest BCUT2D eigenvalue weighted by Gasteiger charge is 2.29. The molecule has 0 aromatic heterocycles. The molecule has 0 saturated carbocycles. The molecule has 0 rings (SSSR count). The molecule has 4 atom stereocenters. The van der Waals surface area contributed by atoms with Gasteiger partial charge in [-0.2, -0.15) is 0 Å². The predicted molar refractivity (Wildman–Crippen MR) is 158 cm³/mol. The number of amides is 4. The van der Waals surface area contributed by atoms with Gasteiger partial charge >= 0.3 is 0 Å². The normalized spacial score (nSPS) is 13.3. The Hall–Kier alpha value is -4.68. The molecule has 0 aliphatic carbocycles. The Morgan fingerprint density at radius 2 is 1.02 bits per heavy atom. The number of guanidine groups is 3. The minimum Gasteiger partial charge on any atom is -0.370 e. The van der Waals surface area contributed by atoms with Crippen LogP contribution in [0.25, 0.3) is 0 Å². The van der Waals surface area contributed by atoms with Gasteiger partial charge in [0.2, 0.25) is 23.6 Å². The fraction of sp³-hybridized carbons (Fsp3) is 0.652. The summed E-state index contributed by atoms with van der Waals surface area (Å²) in [6.45, 7) is 0.666. The van der Waals surface area contributed by atoms with Crippen molar-refractivity contribution in [1.82, 2.24) is 16.0 Å². The van der Waals surface area contributed by atoms with Gasteiger partial charge in [0.15, 0.2) is 17.9 Å². The van der Waals surface area contributed by atoms with Crippen molar-refractivity contribution in [2.24, 2.45) is 60.8 Å². The third-order valence-corrected chi connectivity index (χ3v) is 5.65. The number of aliphatic imine (C=N–C) groups is 3. The first-order valence-corrected chi connectivity index (χ1v) is 13.3. The molecule has 0 fully saturated rings. The van der Waals surface area contributed by atoms with Crippen molar-refractivity contribution in [2.75, 3.05) is 19.6 Å². The number of hydrogen-bond acceptors (Lipinski definition) is 9. The van der Waals surface area contributed by atoms with Gasteiger partial charge in [0.25, 0.3) is 0 Å². The second-order valence-corrected chi connectivity index (χ2v) is 9.33. The maximum Gasteiger partial charge on any atom is 0.243 e. The van der Waals surface area contributed by atoms with Gasteiger partial charge in [-0.1, -0.05) is 0 Å². The number of nitrogens with two attached hydrogens (primary N) is 8. The van der Waals surface area contributed by atoms with Crippen LogP contribution in [0.15, 0.2) is 15.0 Å². The van der Waals surface area contributed by atoms with Gasteiger partial charge in [-0.25, -0.2) is 0 Å². The van der Waals surface area contributed by atoms with E-state index in [1.807, 2.05) is 0 Å². The summed E-state index contributed by atoms with van der Waals surface area (Å²) in [5.41, 5.74) is 43.0. The van der Waals surface area contributed by atoms with E-state index < -0.39 is 47.8 Å². The lowest BCUT2D eigenvalue weighted by atomic mass is 10.1. The van der Waals surface area contributed by atoms with Crippen molar-refractivity contribution < 1.29 is 24.0 Å². The molecule has 0 aromatic carbocycles. The number of nitrogens with zero attached hydrogens (tertiary/aromatic N) is 3. The molecule has 0 aliphatic heterocycles. The molecule has 19 heteroatoms. The molecule has 0 radical (unpaired) electrons. The summed E-state index contributed by atoms with van der Waals surface area (Å²) in [4.78, 5) is 73.4. The van der Waals surface area contributed by atoms with Gasteiger partial charge < -0.3 is 66.6 Å². The summed E-state index contributed by atoms with van der Waals surface area (Å²) in [5, 5.41) is 7.62. The highest BCUT2D eigenvalue weighted by molar-refractivity contribution is 5.93. The van der Waals surface area contributed by atoms with Gasteiger partial charge in [0.1, 0.15) is 18.4 Å². The van der Waals surface area contributed by atoms with Crippen LogP contribution in [0.5, 0.6) is 0 Å². The van der Waals surface area contributed by atoms with Crippen LogP contribution in [-0.2, 0) is 24.0 Å². The lowest BCUT2D eigenvalue weighted by Gasteiger charge is -2.25. The molecule has 1 unspecified atom stereocenters. The van der Waals surface area contributed by atoms with Gasteiger partial charge in [0.05, 0.1) is 12.1 Å². The van der Waals surface area contributed by atoms with Crippen molar-refractivity contribution in [1.29, 1.82) is 0 Å². The average molecular weight is 599 g/mol. The number of aldehydes is 1. The quantitative estimate of drug-likeness (QED) is 0.0240.